The van der Waals surface area contributed by atoms with Crippen LogP contribution in [0.4, 0.5) is 10.2 Å². The van der Waals surface area contributed by atoms with Gasteiger partial charge in [0.25, 0.3) is 0 Å². The summed E-state index contributed by atoms with van der Waals surface area (Å²) in [5.41, 5.74) is 4.38. The summed E-state index contributed by atoms with van der Waals surface area (Å²) in [6.45, 7) is 7.06. The van der Waals surface area contributed by atoms with Crippen molar-refractivity contribution >= 4 is 29.1 Å². The van der Waals surface area contributed by atoms with Gasteiger partial charge in [-0.2, -0.15) is 0 Å². The summed E-state index contributed by atoms with van der Waals surface area (Å²) in [5.74, 6) is 2.61. The molecule has 3 aromatic rings. The van der Waals surface area contributed by atoms with Gasteiger partial charge >= 0.3 is 0 Å². The summed E-state index contributed by atoms with van der Waals surface area (Å²) < 4.78 is 16.8. The van der Waals surface area contributed by atoms with Crippen molar-refractivity contribution in [1.82, 2.24) is 9.55 Å². The lowest BCUT2D eigenvalue weighted by Crippen LogP contribution is -2.39. The minimum absolute atomic E-state index is 0. The van der Waals surface area contributed by atoms with Gasteiger partial charge in [0.2, 0.25) is 0 Å². The third kappa shape index (κ3) is 4.26. The van der Waals surface area contributed by atoms with Crippen molar-refractivity contribution in [2.45, 2.75) is 65.3 Å². The van der Waals surface area contributed by atoms with E-state index in [9.17, 15) is 4.39 Å². The summed E-state index contributed by atoms with van der Waals surface area (Å²) in [5, 5.41) is 1.25. The van der Waals surface area contributed by atoms with Crippen LogP contribution in [-0.4, -0.2) is 22.6 Å². The van der Waals surface area contributed by atoms with E-state index in [1.54, 1.807) is 12.1 Å². The molecule has 1 aliphatic heterocycles. The average Bonchev–Trinajstić information content (AvgIpc) is 3.06. The van der Waals surface area contributed by atoms with Gasteiger partial charge < -0.3 is 9.47 Å². The van der Waals surface area contributed by atoms with Crippen molar-refractivity contribution in [3.05, 3.63) is 59.2 Å². The molecule has 3 nitrogen and oxygen atoms in total. The molecule has 1 unspecified atom stereocenters. The molecule has 5 heteroatoms. The Labute approximate surface area is 197 Å². The summed E-state index contributed by atoms with van der Waals surface area (Å²) in [6.07, 6.45) is 11.6. The molecule has 0 radical (unpaired) electrons. The highest BCUT2D eigenvalue weighted by Crippen LogP contribution is 2.38. The third-order valence-corrected chi connectivity index (χ3v) is 7.89. The summed E-state index contributed by atoms with van der Waals surface area (Å²) in [6, 6.07) is 9.26. The first-order valence-corrected chi connectivity index (χ1v) is 12.1. The van der Waals surface area contributed by atoms with E-state index in [0.717, 1.165) is 36.3 Å². The maximum absolute atomic E-state index is 14.5. The maximum atomic E-state index is 14.5. The summed E-state index contributed by atoms with van der Waals surface area (Å²) in [7, 11) is 0. The molecule has 1 atom stereocenters. The van der Waals surface area contributed by atoms with Crippen LogP contribution in [0.2, 0.25) is 0 Å². The normalized spacial score (nSPS) is 19.8. The van der Waals surface area contributed by atoms with E-state index in [4.69, 9.17) is 4.98 Å². The lowest BCUT2D eigenvalue weighted by atomic mass is 9.76. The van der Waals surface area contributed by atoms with E-state index in [1.807, 2.05) is 18.3 Å². The highest BCUT2D eigenvalue weighted by Gasteiger charge is 2.30. The standard InChI is InChI=1S/C27H34FN3.ClH/c1-19-20(2)31(18-23-11-6-7-13-25(23)28)26-24(19)14-15-29-27(26)30-16-8-12-22(17-30)21-9-4-3-5-10-21;/h6-7,11,13-15,21-22H,3-5,8-10,12,16-18H2,1-2H3;1H. The Morgan fingerprint density at radius 3 is 2.50 bits per heavy atom. The fourth-order valence-corrected chi connectivity index (χ4v) is 6.00. The Morgan fingerprint density at radius 1 is 0.969 bits per heavy atom. The van der Waals surface area contributed by atoms with Crippen LogP contribution >= 0.6 is 12.4 Å². The van der Waals surface area contributed by atoms with Crippen LogP contribution in [-0.2, 0) is 6.54 Å². The number of benzene rings is 1. The maximum Gasteiger partial charge on any atom is 0.153 e. The van der Waals surface area contributed by atoms with Gasteiger partial charge in [-0.3, -0.25) is 0 Å². The van der Waals surface area contributed by atoms with Crippen molar-refractivity contribution in [1.29, 1.82) is 0 Å². The van der Waals surface area contributed by atoms with Crippen LogP contribution in [0, 0.1) is 31.5 Å². The molecule has 5 rings (SSSR count). The van der Waals surface area contributed by atoms with Crippen LogP contribution in [0.15, 0.2) is 36.5 Å². The molecule has 2 aliphatic rings. The number of fused-ring (bicyclic) bond motifs is 1. The predicted molar refractivity (Wildman–Crippen MR) is 133 cm³/mol. The van der Waals surface area contributed by atoms with Crippen molar-refractivity contribution in [2.24, 2.45) is 11.8 Å². The number of aromatic nitrogens is 2. The third-order valence-electron chi connectivity index (χ3n) is 7.89. The SMILES string of the molecule is Cc1c(C)n(Cc2ccccc2F)c2c(N3CCCC(C4CCCCC4)C3)nccc12.Cl. The molecule has 0 amide bonds. The minimum Gasteiger partial charge on any atom is -0.355 e. The first-order chi connectivity index (χ1) is 15.1. The Kier molecular flexibility index (Phi) is 7.09. The van der Waals surface area contributed by atoms with E-state index in [-0.39, 0.29) is 18.2 Å². The number of anilines is 1. The fraction of sp³-hybridized carbons (Fsp3) is 0.519. The lowest BCUT2D eigenvalue weighted by Gasteiger charge is -2.39. The minimum atomic E-state index is -0.137. The predicted octanol–water partition coefficient (Wildman–Crippen LogP) is 7.06. The number of rotatable bonds is 4. The number of halogens is 2. The monoisotopic (exact) mass is 455 g/mol. The Balaban J connectivity index is 0.00000245. The van der Waals surface area contributed by atoms with E-state index in [0.29, 0.717) is 6.54 Å². The fourth-order valence-electron chi connectivity index (χ4n) is 6.00. The molecule has 1 aliphatic carbocycles. The van der Waals surface area contributed by atoms with Crippen LogP contribution in [0.3, 0.4) is 0 Å². The molecular formula is C27H35ClFN3. The van der Waals surface area contributed by atoms with E-state index < -0.39 is 0 Å². The second-order valence-electron chi connectivity index (χ2n) is 9.67. The number of pyridine rings is 1. The Bertz CT molecular complexity index is 1070. The summed E-state index contributed by atoms with van der Waals surface area (Å²) in [4.78, 5) is 7.43. The number of nitrogens with zero attached hydrogens (tertiary/aromatic N) is 3. The zero-order chi connectivity index (χ0) is 21.4. The molecule has 1 aromatic carbocycles. The van der Waals surface area contributed by atoms with Crippen LogP contribution in [0.25, 0.3) is 10.9 Å². The van der Waals surface area contributed by atoms with E-state index >= 15 is 0 Å². The average molecular weight is 456 g/mol. The zero-order valence-corrected chi connectivity index (χ0v) is 20.1. The molecule has 2 aromatic heterocycles. The largest absolute Gasteiger partial charge is 0.355 e. The first kappa shape index (κ1) is 23.1. The number of hydrogen-bond acceptors (Lipinski definition) is 2. The van der Waals surface area contributed by atoms with Crippen LogP contribution in [0.5, 0.6) is 0 Å². The second kappa shape index (κ2) is 9.82. The van der Waals surface area contributed by atoms with Gasteiger partial charge in [-0.05, 0) is 56.2 Å². The van der Waals surface area contributed by atoms with Gasteiger partial charge in [0.15, 0.2) is 5.82 Å². The highest BCUT2D eigenvalue weighted by atomic mass is 35.5. The molecular weight excluding hydrogens is 421 g/mol. The van der Waals surface area contributed by atoms with Crippen molar-refractivity contribution in [3.8, 4) is 0 Å². The van der Waals surface area contributed by atoms with E-state index in [2.05, 4.69) is 29.4 Å². The van der Waals surface area contributed by atoms with Crippen LogP contribution in [0.1, 0.15) is 61.8 Å². The topological polar surface area (TPSA) is 21.1 Å². The lowest BCUT2D eigenvalue weighted by molar-refractivity contribution is 0.220. The molecule has 2 fully saturated rings. The van der Waals surface area contributed by atoms with Crippen molar-refractivity contribution in [3.63, 3.8) is 0 Å². The summed E-state index contributed by atoms with van der Waals surface area (Å²) >= 11 is 0. The molecule has 1 saturated heterocycles. The smallest absolute Gasteiger partial charge is 0.153 e. The van der Waals surface area contributed by atoms with Crippen molar-refractivity contribution in [2.75, 3.05) is 18.0 Å². The zero-order valence-electron chi connectivity index (χ0n) is 19.3. The molecule has 0 N–H and O–H groups in total. The molecule has 1 saturated carbocycles. The first-order valence-electron chi connectivity index (χ1n) is 12.1. The van der Waals surface area contributed by atoms with Gasteiger partial charge in [-0.15, -0.1) is 12.4 Å². The van der Waals surface area contributed by atoms with Gasteiger partial charge in [0, 0.05) is 35.9 Å². The van der Waals surface area contributed by atoms with Crippen molar-refractivity contribution < 1.29 is 4.39 Å². The van der Waals surface area contributed by atoms with Gasteiger partial charge in [0.1, 0.15) is 5.82 Å². The molecule has 32 heavy (non-hydrogen) atoms. The van der Waals surface area contributed by atoms with Gasteiger partial charge in [-0.1, -0.05) is 50.3 Å². The van der Waals surface area contributed by atoms with Gasteiger partial charge in [0.05, 0.1) is 12.1 Å². The Morgan fingerprint density at radius 2 is 1.72 bits per heavy atom. The highest BCUT2D eigenvalue weighted by molar-refractivity contribution is 5.93. The quantitative estimate of drug-likeness (QED) is 0.419. The number of hydrogen-bond donors (Lipinski definition) is 0. The van der Waals surface area contributed by atoms with Crippen LogP contribution < -0.4 is 4.90 Å². The molecule has 0 bridgehead atoms. The van der Waals surface area contributed by atoms with E-state index in [1.165, 1.54) is 67.1 Å². The molecule has 3 heterocycles. The Hall–Kier alpha value is -2.07. The molecule has 172 valence electrons. The number of aryl methyl sites for hydroxylation is 1. The van der Waals surface area contributed by atoms with Gasteiger partial charge in [-0.25, -0.2) is 9.37 Å². The second-order valence-corrected chi connectivity index (χ2v) is 9.67. The number of piperidine rings is 1. The molecule has 0 spiro atoms.